The van der Waals surface area contributed by atoms with Crippen LogP contribution in [0.3, 0.4) is 0 Å². The summed E-state index contributed by atoms with van der Waals surface area (Å²) in [6, 6.07) is 11.4. The van der Waals surface area contributed by atoms with Crippen LogP contribution in [0, 0.1) is 13.8 Å². The molecule has 6 heteroatoms. The van der Waals surface area contributed by atoms with Gasteiger partial charge in [0.05, 0.1) is 5.56 Å². The van der Waals surface area contributed by atoms with Crippen LogP contribution in [0.5, 0.6) is 0 Å². The Kier molecular flexibility index (Phi) is 6.71. The SMILES string of the molecule is CC(C)=CC(=O)N(CC(=O)Nc1ccc(C(=O)O)cc1)c1ccc(C)c(C)c1. The lowest BCUT2D eigenvalue weighted by atomic mass is 10.1. The van der Waals surface area contributed by atoms with Crippen LogP contribution in [-0.2, 0) is 9.59 Å². The minimum Gasteiger partial charge on any atom is -0.478 e. The Labute approximate surface area is 164 Å². The fourth-order valence-corrected chi connectivity index (χ4v) is 2.56. The number of carboxylic acids is 1. The van der Waals surface area contributed by atoms with E-state index in [0.29, 0.717) is 11.4 Å². The zero-order valence-electron chi connectivity index (χ0n) is 16.4. The van der Waals surface area contributed by atoms with Gasteiger partial charge in [-0.05, 0) is 75.2 Å². The maximum atomic E-state index is 12.7. The van der Waals surface area contributed by atoms with Gasteiger partial charge in [0, 0.05) is 17.5 Å². The van der Waals surface area contributed by atoms with Crippen LogP contribution >= 0.6 is 0 Å². The van der Waals surface area contributed by atoms with Gasteiger partial charge < -0.3 is 10.4 Å². The average molecular weight is 380 g/mol. The number of nitrogens with zero attached hydrogens (tertiary/aromatic N) is 1. The summed E-state index contributed by atoms with van der Waals surface area (Å²) in [7, 11) is 0. The van der Waals surface area contributed by atoms with Gasteiger partial charge in [-0.2, -0.15) is 0 Å². The van der Waals surface area contributed by atoms with Gasteiger partial charge in [0.1, 0.15) is 6.54 Å². The minimum absolute atomic E-state index is 0.133. The van der Waals surface area contributed by atoms with Crippen molar-refractivity contribution in [2.24, 2.45) is 0 Å². The highest BCUT2D eigenvalue weighted by atomic mass is 16.4. The molecule has 0 unspecified atom stereocenters. The number of carbonyl (C=O) groups excluding carboxylic acids is 2. The van der Waals surface area contributed by atoms with Gasteiger partial charge in [0.15, 0.2) is 0 Å². The summed E-state index contributed by atoms with van der Waals surface area (Å²) in [5, 5.41) is 11.6. The lowest BCUT2D eigenvalue weighted by molar-refractivity contribution is -0.119. The van der Waals surface area contributed by atoms with E-state index < -0.39 is 5.97 Å². The normalized spacial score (nSPS) is 10.1. The lowest BCUT2D eigenvalue weighted by Crippen LogP contribution is -2.37. The molecule has 2 aromatic rings. The molecule has 0 fully saturated rings. The van der Waals surface area contributed by atoms with Crippen molar-refractivity contribution < 1.29 is 19.5 Å². The molecule has 0 aliphatic rings. The third-order valence-electron chi connectivity index (χ3n) is 4.20. The van der Waals surface area contributed by atoms with Crippen molar-refractivity contribution in [3.05, 3.63) is 70.8 Å². The van der Waals surface area contributed by atoms with E-state index in [9.17, 15) is 14.4 Å². The molecule has 0 aliphatic carbocycles. The van der Waals surface area contributed by atoms with Gasteiger partial charge >= 0.3 is 5.97 Å². The van der Waals surface area contributed by atoms with Gasteiger partial charge in [-0.3, -0.25) is 14.5 Å². The Hall–Kier alpha value is -3.41. The van der Waals surface area contributed by atoms with Crippen molar-refractivity contribution in [1.29, 1.82) is 0 Å². The number of nitrogens with one attached hydrogen (secondary N) is 1. The molecule has 2 amide bonds. The fraction of sp³-hybridized carbons (Fsp3) is 0.227. The molecule has 0 spiro atoms. The predicted molar refractivity (Wildman–Crippen MR) is 110 cm³/mol. The Morgan fingerprint density at radius 3 is 2.18 bits per heavy atom. The first-order chi connectivity index (χ1) is 13.2. The van der Waals surface area contributed by atoms with E-state index >= 15 is 0 Å². The third kappa shape index (κ3) is 5.54. The molecule has 2 rings (SSSR count). The fourth-order valence-electron chi connectivity index (χ4n) is 2.56. The molecule has 0 heterocycles. The van der Waals surface area contributed by atoms with E-state index in [2.05, 4.69) is 5.32 Å². The molecular formula is C22H24N2O4. The Morgan fingerprint density at radius 1 is 1.00 bits per heavy atom. The average Bonchev–Trinajstić information content (AvgIpc) is 2.62. The van der Waals surface area contributed by atoms with E-state index in [0.717, 1.165) is 16.7 Å². The van der Waals surface area contributed by atoms with Crippen molar-refractivity contribution in [3.8, 4) is 0 Å². The number of aryl methyl sites for hydroxylation is 2. The highest BCUT2D eigenvalue weighted by Crippen LogP contribution is 2.20. The van der Waals surface area contributed by atoms with E-state index in [1.807, 2.05) is 45.9 Å². The second-order valence-corrected chi connectivity index (χ2v) is 6.85. The van der Waals surface area contributed by atoms with Crippen LogP contribution in [-0.4, -0.2) is 29.4 Å². The lowest BCUT2D eigenvalue weighted by Gasteiger charge is -2.22. The summed E-state index contributed by atoms with van der Waals surface area (Å²) < 4.78 is 0. The number of benzene rings is 2. The van der Waals surface area contributed by atoms with Crippen LogP contribution in [0.4, 0.5) is 11.4 Å². The topological polar surface area (TPSA) is 86.7 Å². The zero-order valence-corrected chi connectivity index (χ0v) is 16.4. The highest BCUT2D eigenvalue weighted by molar-refractivity contribution is 6.07. The molecule has 28 heavy (non-hydrogen) atoms. The molecule has 2 aromatic carbocycles. The number of hydrogen-bond acceptors (Lipinski definition) is 3. The van der Waals surface area contributed by atoms with Gasteiger partial charge in [-0.15, -0.1) is 0 Å². The van der Waals surface area contributed by atoms with Crippen molar-refractivity contribution in [1.82, 2.24) is 0 Å². The zero-order chi connectivity index (χ0) is 20.8. The van der Waals surface area contributed by atoms with Gasteiger partial charge in [-0.25, -0.2) is 4.79 Å². The summed E-state index contributed by atoms with van der Waals surface area (Å²) in [5.41, 5.74) is 4.20. The summed E-state index contributed by atoms with van der Waals surface area (Å²) in [6.45, 7) is 7.41. The molecule has 0 radical (unpaired) electrons. The van der Waals surface area contributed by atoms with Gasteiger partial charge in [0.25, 0.3) is 5.91 Å². The Morgan fingerprint density at radius 2 is 1.64 bits per heavy atom. The second-order valence-electron chi connectivity index (χ2n) is 6.85. The number of carboxylic acid groups (broad SMARTS) is 1. The molecular weight excluding hydrogens is 356 g/mol. The molecule has 0 saturated heterocycles. The van der Waals surface area contributed by atoms with E-state index in [1.165, 1.54) is 35.2 Å². The van der Waals surface area contributed by atoms with Crippen LogP contribution < -0.4 is 10.2 Å². The standard InChI is InChI=1S/C22H24N2O4/c1-14(2)11-21(26)24(19-10-5-15(3)16(4)12-19)13-20(25)23-18-8-6-17(7-9-18)22(27)28/h5-12H,13H2,1-4H3,(H,23,25)(H,27,28). The van der Waals surface area contributed by atoms with Gasteiger partial charge in [0.2, 0.25) is 5.91 Å². The molecule has 146 valence electrons. The number of hydrogen-bond donors (Lipinski definition) is 2. The van der Waals surface area contributed by atoms with Crippen LogP contribution in [0.15, 0.2) is 54.1 Å². The third-order valence-corrected chi connectivity index (χ3v) is 4.20. The van der Waals surface area contributed by atoms with Gasteiger partial charge in [-0.1, -0.05) is 11.6 Å². The first kappa shape index (κ1) is 20.9. The Balaban J connectivity index is 2.22. The van der Waals surface area contributed by atoms with Crippen molar-refractivity contribution >= 4 is 29.2 Å². The first-order valence-electron chi connectivity index (χ1n) is 8.84. The maximum absolute atomic E-state index is 12.7. The number of amides is 2. The van der Waals surface area contributed by atoms with Crippen LogP contribution in [0.1, 0.15) is 35.3 Å². The van der Waals surface area contributed by atoms with E-state index in [-0.39, 0.29) is 23.9 Å². The predicted octanol–water partition coefficient (Wildman–Crippen LogP) is 3.94. The molecule has 0 bridgehead atoms. The van der Waals surface area contributed by atoms with E-state index in [1.54, 1.807) is 0 Å². The molecule has 6 nitrogen and oxygen atoms in total. The maximum Gasteiger partial charge on any atom is 0.335 e. The quantitative estimate of drug-likeness (QED) is 0.743. The Bertz CT molecular complexity index is 926. The number of allylic oxidation sites excluding steroid dienone is 1. The summed E-state index contributed by atoms with van der Waals surface area (Å²) in [4.78, 5) is 37.5. The van der Waals surface area contributed by atoms with Crippen molar-refractivity contribution in [3.63, 3.8) is 0 Å². The smallest absolute Gasteiger partial charge is 0.335 e. The molecule has 0 aliphatic heterocycles. The first-order valence-corrected chi connectivity index (χ1v) is 8.84. The molecule has 0 saturated carbocycles. The number of aromatic carboxylic acids is 1. The van der Waals surface area contributed by atoms with Crippen molar-refractivity contribution in [2.75, 3.05) is 16.8 Å². The van der Waals surface area contributed by atoms with Crippen LogP contribution in [0.2, 0.25) is 0 Å². The largest absolute Gasteiger partial charge is 0.478 e. The number of anilines is 2. The summed E-state index contributed by atoms with van der Waals surface area (Å²) in [6.07, 6.45) is 1.49. The second kappa shape index (κ2) is 8.99. The van der Waals surface area contributed by atoms with Crippen LogP contribution in [0.25, 0.3) is 0 Å². The van der Waals surface area contributed by atoms with Crippen molar-refractivity contribution in [2.45, 2.75) is 27.7 Å². The summed E-state index contributed by atoms with van der Waals surface area (Å²) in [5.74, 6) is -1.69. The molecule has 2 N–H and O–H groups in total. The molecule has 0 aromatic heterocycles. The highest BCUT2D eigenvalue weighted by Gasteiger charge is 2.18. The van der Waals surface area contributed by atoms with E-state index in [4.69, 9.17) is 5.11 Å². The minimum atomic E-state index is -1.04. The summed E-state index contributed by atoms with van der Waals surface area (Å²) >= 11 is 0. The number of carbonyl (C=O) groups is 3. The molecule has 0 atom stereocenters. The monoisotopic (exact) mass is 380 g/mol. The number of rotatable bonds is 6.